The molecule has 6 heteroatoms. The van der Waals surface area contributed by atoms with Crippen molar-refractivity contribution in [1.29, 1.82) is 0 Å². The molecule has 2 atom stereocenters. The van der Waals surface area contributed by atoms with Crippen LogP contribution < -0.4 is 21.1 Å². The minimum absolute atomic E-state index is 0.186. The summed E-state index contributed by atoms with van der Waals surface area (Å²) < 4.78 is 5.95. The molecule has 0 aromatic heterocycles. The summed E-state index contributed by atoms with van der Waals surface area (Å²) in [5, 5.41) is 17.1. The number of anilines is 1. The first-order valence-corrected chi connectivity index (χ1v) is 13.7. The molecular weight excluding hydrogens is 474 g/mol. The Morgan fingerprint density at radius 1 is 0.921 bits per heavy atom. The van der Waals surface area contributed by atoms with Crippen LogP contribution in [0.25, 0.3) is 0 Å². The van der Waals surface area contributed by atoms with E-state index in [0.29, 0.717) is 24.6 Å². The molecule has 2 unspecified atom stereocenters. The highest BCUT2D eigenvalue weighted by Crippen LogP contribution is 2.29. The molecule has 0 fully saturated rings. The van der Waals surface area contributed by atoms with Crippen molar-refractivity contribution >= 4 is 11.6 Å². The van der Waals surface area contributed by atoms with Crippen LogP contribution in [0.5, 0.6) is 5.75 Å². The highest BCUT2D eigenvalue weighted by atomic mass is 16.5. The largest absolute Gasteiger partial charge is 0.487 e. The molecule has 38 heavy (non-hydrogen) atoms. The van der Waals surface area contributed by atoms with E-state index in [1.165, 1.54) is 18.1 Å². The molecular formula is C32H43N3O3. The van der Waals surface area contributed by atoms with E-state index < -0.39 is 6.10 Å². The van der Waals surface area contributed by atoms with Crippen LogP contribution in [0.3, 0.4) is 0 Å². The van der Waals surface area contributed by atoms with Gasteiger partial charge in [-0.15, -0.1) is 0 Å². The Hall–Kier alpha value is -3.19. The predicted molar refractivity (Wildman–Crippen MR) is 155 cm³/mol. The van der Waals surface area contributed by atoms with Crippen molar-refractivity contribution in [2.24, 2.45) is 5.73 Å². The van der Waals surface area contributed by atoms with E-state index in [1.54, 1.807) is 12.1 Å². The summed E-state index contributed by atoms with van der Waals surface area (Å²) in [4.78, 5) is 11.8. The number of nitrogens with two attached hydrogens (primary N) is 1. The first-order valence-electron chi connectivity index (χ1n) is 13.7. The Bertz CT molecular complexity index is 1100. The lowest BCUT2D eigenvalue weighted by atomic mass is 10.0. The molecule has 1 amide bonds. The van der Waals surface area contributed by atoms with E-state index in [9.17, 15) is 9.90 Å². The smallest absolute Gasteiger partial charge is 0.221 e. The number of carbonyl (C=O) groups is 1. The van der Waals surface area contributed by atoms with Crippen LogP contribution in [0.15, 0.2) is 72.8 Å². The molecule has 0 aliphatic carbocycles. The lowest BCUT2D eigenvalue weighted by molar-refractivity contribution is -0.114. The van der Waals surface area contributed by atoms with Gasteiger partial charge in [0.05, 0.1) is 11.8 Å². The van der Waals surface area contributed by atoms with E-state index in [0.717, 1.165) is 56.2 Å². The van der Waals surface area contributed by atoms with E-state index >= 15 is 0 Å². The molecule has 0 aliphatic heterocycles. The summed E-state index contributed by atoms with van der Waals surface area (Å²) >= 11 is 0. The van der Waals surface area contributed by atoms with Crippen LogP contribution in [0.2, 0.25) is 0 Å². The quantitative estimate of drug-likeness (QED) is 0.187. The Morgan fingerprint density at radius 2 is 1.61 bits per heavy atom. The van der Waals surface area contributed by atoms with Gasteiger partial charge in [-0.3, -0.25) is 4.79 Å². The van der Waals surface area contributed by atoms with Gasteiger partial charge < -0.3 is 26.2 Å². The number of hydrogen-bond donors (Lipinski definition) is 4. The summed E-state index contributed by atoms with van der Waals surface area (Å²) in [5.41, 5.74) is 10.6. The second-order valence-corrected chi connectivity index (χ2v) is 9.99. The zero-order valence-electron chi connectivity index (χ0n) is 22.8. The molecule has 0 spiro atoms. The summed E-state index contributed by atoms with van der Waals surface area (Å²) in [7, 11) is 0. The topological polar surface area (TPSA) is 96.6 Å². The van der Waals surface area contributed by atoms with Gasteiger partial charge in [0.2, 0.25) is 5.91 Å². The average Bonchev–Trinajstić information content (AvgIpc) is 2.92. The van der Waals surface area contributed by atoms with Crippen molar-refractivity contribution in [3.63, 3.8) is 0 Å². The van der Waals surface area contributed by atoms with Gasteiger partial charge in [-0.25, -0.2) is 0 Å². The number of hydrogen-bond acceptors (Lipinski definition) is 5. The summed E-state index contributed by atoms with van der Waals surface area (Å²) in [6.45, 7) is 5.20. The van der Waals surface area contributed by atoms with Crippen molar-refractivity contribution < 1.29 is 14.6 Å². The van der Waals surface area contributed by atoms with Gasteiger partial charge in [0, 0.05) is 19.5 Å². The predicted octanol–water partition coefficient (Wildman–Crippen LogP) is 5.54. The van der Waals surface area contributed by atoms with E-state index in [1.807, 2.05) is 36.4 Å². The highest BCUT2D eigenvalue weighted by molar-refractivity contribution is 5.90. The van der Waals surface area contributed by atoms with Gasteiger partial charge in [-0.1, -0.05) is 60.7 Å². The van der Waals surface area contributed by atoms with E-state index in [4.69, 9.17) is 10.5 Å². The molecule has 5 N–H and O–H groups in total. The monoisotopic (exact) mass is 517 g/mol. The number of nitrogens with one attached hydrogen (secondary N) is 2. The number of benzene rings is 3. The average molecular weight is 518 g/mol. The van der Waals surface area contributed by atoms with Gasteiger partial charge in [0.15, 0.2) is 0 Å². The molecule has 3 rings (SSSR count). The minimum atomic E-state index is -0.694. The first-order chi connectivity index (χ1) is 18.4. The molecule has 0 radical (unpaired) electrons. The van der Waals surface area contributed by atoms with Crippen molar-refractivity contribution in [1.82, 2.24) is 5.32 Å². The van der Waals surface area contributed by atoms with Crippen LogP contribution in [0.4, 0.5) is 5.69 Å². The molecule has 0 saturated heterocycles. The van der Waals surface area contributed by atoms with Crippen LogP contribution in [-0.4, -0.2) is 30.1 Å². The van der Waals surface area contributed by atoms with Crippen LogP contribution in [0, 0.1) is 0 Å². The van der Waals surface area contributed by atoms with Crippen molar-refractivity contribution in [2.75, 3.05) is 18.4 Å². The third-order valence-corrected chi connectivity index (χ3v) is 6.64. The van der Waals surface area contributed by atoms with Gasteiger partial charge in [0.25, 0.3) is 0 Å². The van der Waals surface area contributed by atoms with Gasteiger partial charge >= 0.3 is 0 Å². The normalized spacial score (nSPS) is 12.6. The summed E-state index contributed by atoms with van der Waals surface area (Å²) in [5.74, 6) is 0.388. The Labute approximate surface area is 227 Å². The highest BCUT2D eigenvalue weighted by Gasteiger charge is 2.14. The number of amides is 1. The van der Waals surface area contributed by atoms with Crippen molar-refractivity contribution in [3.8, 4) is 5.75 Å². The van der Waals surface area contributed by atoms with E-state index in [-0.39, 0.29) is 11.9 Å². The second kappa shape index (κ2) is 15.9. The zero-order chi connectivity index (χ0) is 27.2. The van der Waals surface area contributed by atoms with Crippen molar-refractivity contribution in [2.45, 2.75) is 71.1 Å². The molecule has 3 aromatic carbocycles. The molecule has 0 heterocycles. The number of carbonyl (C=O) groups excluding carboxylic acids is 1. The number of aryl methyl sites for hydroxylation is 2. The van der Waals surface area contributed by atoms with Gasteiger partial charge in [-0.2, -0.15) is 0 Å². The Kier molecular flexibility index (Phi) is 12.3. The van der Waals surface area contributed by atoms with Crippen LogP contribution in [0.1, 0.15) is 67.9 Å². The van der Waals surface area contributed by atoms with Gasteiger partial charge in [0.1, 0.15) is 12.4 Å². The molecule has 6 nitrogen and oxygen atoms in total. The second-order valence-electron chi connectivity index (χ2n) is 9.99. The fourth-order valence-corrected chi connectivity index (χ4v) is 4.39. The van der Waals surface area contributed by atoms with Crippen LogP contribution in [-0.2, 0) is 24.2 Å². The summed E-state index contributed by atoms with van der Waals surface area (Å²) in [6.07, 6.45) is 5.77. The number of aliphatic hydroxyl groups is 1. The fraction of sp³-hybridized carbons (Fsp3) is 0.406. The molecule has 0 aliphatic rings. The van der Waals surface area contributed by atoms with E-state index in [2.05, 4.69) is 41.8 Å². The van der Waals surface area contributed by atoms with Crippen molar-refractivity contribution in [3.05, 3.63) is 95.1 Å². The zero-order valence-corrected chi connectivity index (χ0v) is 22.8. The molecule has 204 valence electrons. The first kappa shape index (κ1) is 29.4. The molecule has 0 saturated carbocycles. The SMILES string of the molecule is CC(=O)Nc1cc(C(O)CNC(C)CCCc2ccc(CCCCN)cc2)ccc1OCc1ccccc1. The fourth-order valence-electron chi connectivity index (χ4n) is 4.39. The third kappa shape index (κ3) is 10.3. The third-order valence-electron chi connectivity index (χ3n) is 6.64. The summed E-state index contributed by atoms with van der Waals surface area (Å²) in [6, 6.07) is 24.5. The number of rotatable bonds is 16. The number of aliphatic hydroxyl groups excluding tert-OH is 1. The maximum atomic E-state index is 11.8. The lowest BCUT2D eigenvalue weighted by Gasteiger charge is -2.19. The maximum absolute atomic E-state index is 11.8. The minimum Gasteiger partial charge on any atom is -0.487 e. The van der Waals surface area contributed by atoms with Crippen LogP contribution >= 0.6 is 0 Å². The molecule has 3 aromatic rings. The van der Waals surface area contributed by atoms with Gasteiger partial charge in [-0.05, 0) is 86.4 Å². The number of unbranched alkanes of at least 4 members (excludes halogenated alkanes) is 1. The Morgan fingerprint density at radius 3 is 2.26 bits per heavy atom. The maximum Gasteiger partial charge on any atom is 0.221 e. The standard InChI is InChI=1S/C32H43N3O3/c1-24(9-8-13-27-16-14-26(15-17-27)10-6-7-20-33)34-22-31(37)29-18-19-32(30(21-29)35-25(2)36)38-23-28-11-4-3-5-12-28/h3-5,11-12,14-19,21,24,31,34,37H,6-10,13,20,22-23,33H2,1-2H3,(H,35,36). The number of ether oxygens (including phenoxy) is 1. The molecule has 0 bridgehead atoms. The Balaban J connectivity index is 1.45. The lowest BCUT2D eigenvalue weighted by Crippen LogP contribution is -2.30.